The normalized spacial score (nSPS) is 33.8. The quantitative estimate of drug-likeness (QED) is 0.844. The molecular weight excluding hydrogens is 238 g/mol. The van der Waals surface area contributed by atoms with E-state index in [2.05, 4.69) is 25.1 Å². The molecule has 3 atom stereocenters. The van der Waals surface area contributed by atoms with Crippen LogP contribution < -0.4 is 10.5 Å². The second kappa shape index (κ2) is 4.80. The van der Waals surface area contributed by atoms with Crippen LogP contribution in [-0.4, -0.2) is 18.8 Å². The molecule has 3 nitrogen and oxygen atoms in total. The highest BCUT2D eigenvalue weighted by Gasteiger charge is 2.43. The van der Waals surface area contributed by atoms with E-state index in [0.29, 0.717) is 6.10 Å². The van der Waals surface area contributed by atoms with Gasteiger partial charge in [0.05, 0.1) is 6.10 Å². The van der Waals surface area contributed by atoms with Gasteiger partial charge in [0, 0.05) is 31.6 Å². The maximum Gasteiger partial charge on any atom is 0.124 e. The van der Waals surface area contributed by atoms with Crippen molar-refractivity contribution in [1.29, 1.82) is 0 Å². The first-order valence-electron chi connectivity index (χ1n) is 7.20. The first kappa shape index (κ1) is 12.9. The van der Waals surface area contributed by atoms with Gasteiger partial charge in [-0.25, -0.2) is 0 Å². The van der Waals surface area contributed by atoms with Gasteiger partial charge in [-0.05, 0) is 32.3 Å². The zero-order valence-electron chi connectivity index (χ0n) is 11.8. The fourth-order valence-electron chi connectivity index (χ4n) is 3.59. The minimum atomic E-state index is -0.111. The fraction of sp³-hybridized carbons (Fsp3) is 0.625. The van der Waals surface area contributed by atoms with E-state index in [-0.39, 0.29) is 11.6 Å². The van der Waals surface area contributed by atoms with Gasteiger partial charge in [-0.2, -0.15) is 0 Å². The molecule has 3 rings (SSSR count). The maximum absolute atomic E-state index is 6.39. The number of nitrogens with two attached hydrogens (primary N) is 1. The highest BCUT2D eigenvalue weighted by molar-refractivity contribution is 5.41. The van der Waals surface area contributed by atoms with E-state index >= 15 is 0 Å². The van der Waals surface area contributed by atoms with E-state index in [0.717, 1.165) is 43.4 Å². The zero-order valence-corrected chi connectivity index (χ0v) is 11.8. The number of hydrogen-bond donors (Lipinski definition) is 1. The molecule has 19 heavy (non-hydrogen) atoms. The summed E-state index contributed by atoms with van der Waals surface area (Å²) >= 11 is 0. The average molecular weight is 261 g/mol. The molecule has 0 amide bonds. The molecule has 104 valence electrons. The SMILES string of the molecule is COC1CCCC2(C1)C[C@H](N)c1cc(C)ccc1O2. The van der Waals surface area contributed by atoms with Gasteiger partial charge < -0.3 is 15.2 Å². The number of methoxy groups -OCH3 is 1. The van der Waals surface area contributed by atoms with Gasteiger partial charge in [-0.15, -0.1) is 0 Å². The molecule has 2 N–H and O–H groups in total. The van der Waals surface area contributed by atoms with Crippen molar-refractivity contribution in [2.24, 2.45) is 5.73 Å². The first-order chi connectivity index (χ1) is 9.12. The average Bonchev–Trinajstić information content (AvgIpc) is 2.40. The van der Waals surface area contributed by atoms with E-state index in [4.69, 9.17) is 15.2 Å². The van der Waals surface area contributed by atoms with E-state index in [9.17, 15) is 0 Å². The molecule has 0 bridgehead atoms. The van der Waals surface area contributed by atoms with Crippen molar-refractivity contribution >= 4 is 0 Å². The lowest BCUT2D eigenvalue weighted by Gasteiger charge is -2.45. The molecule has 1 aromatic carbocycles. The Morgan fingerprint density at radius 3 is 3.00 bits per heavy atom. The summed E-state index contributed by atoms with van der Waals surface area (Å²) in [6, 6.07) is 6.41. The number of fused-ring (bicyclic) bond motifs is 1. The van der Waals surface area contributed by atoms with Crippen LogP contribution in [0.4, 0.5) is 0 Å². The summed E-state index contributed by atoms with van der Waals surface area (Å²) in [5, 5.41) is 0. The molecule has 1 aliphatic heterocycles. The Bertz CT molecular complexity index is 474. The van der Waals surface area contributed by atoms with Gasteiger partial charge in [0.1, 0.15) is 11.4 Å². The molecule has 1 saturated carbocycles. The topological polar surface area (TPSA) is 44.5 Å². The third kappa shape index (κ3) is 2.37. The lowest BCUT2D eigenvalue weighted by atomic mass is 9.76. The molecule has 1 aromatic rings. The zero-order chi connectivity index (χ0) is 13.5. The molecule has 1 spiro atoms. The minimum absolute atomic E-state index is 0.0826. The smallest absolute Gasteiger partial charge is 0.124 e. The highest BCUT2D eigenvalue weighted by Crippen LogP contribution is 2.45. The van der Waals surface area contributed by atoms with Gasteiger partial charge in [-0.1, -0.05) is 17.7 Å². The van der Waals surface area contributed by atoms with Crippen LogP contribution in [0.25, 0.3) is 0 Å². The Kier molecular flexibility index (Phi) is 3.27. The van der Waals surface area contributed by atoms with Crippen LogP contribution in [-0.2, 0) is 4.74 Å². The second-order valence-electron chi connectivity index (χ2n) is 6.09. The van der Waals surface area contributed by atoms with Crippen molar-refractivity contribution in [1.82, 2.24) is 0 Å². The molecule has 1 aliphatic carbocycles. The van der Waals surface area contributed by atoms with Crippen LogP contribution in [0.1, 0.15) is 49.3 Å². The number of aryl methyl sites for hydroxylation is 1. The van der Waals surface area contributed by atoms with Crippen molar-refractivity contribution in [2.75, 3.05) is 7.11 Å². The van der Waals surface area contributed by atoms with Crippen LogP contribution in [0, 0.1) is 6.92 Å². The lowest BCUT2D eigenvalue weighted by Crippen LogP contribution is -2.48. The summed E-state index contributed by atoms with van der Waals surface area (Å²) in [5.41, 5.74) is 8.68. The Hall–Kier alpha value is -1.06. The summed E-state index contributed by atoms with van der Waals surface area (Å²) in [5.74, 6) is 0.973. The van der Waals surface area contributed by atoms with Gasteiger partial charge in [-0.3, -0.25) is 0 Å². The Morgan fingerprint density at radius 1 is 1.37 bits per heavy atom. The van der Waals surface area contributed by atoms with E-state index in [1.807, 2.05) is 0 Å². The summed E-state index contributed by atoms with van der Waals surface area (Å²) in [4.78, 5) is 0. The van der Waals surface area contributed by atoms with Crippen molar-refractivity contribution in [3.8, 4) is 5.75 Å². The van der Waals surface area contributed by atoms with Crippen LogP contribution in [0.2, 0.25) is 0 Å². The maximum atomic E-state index is 6.39. The van der Waals surface area contributed by atoms with Crippen molar-refractivity contribution in [3.63, 3.8) is 0 Å². The van der Waals surface area contributed by atoms with Gasteiger partial charge in [0.2, 0.25) is 0 Å². The number of rotatable bonds is 1. The summed E-state index contributed by atoms with van der Waals surface area (Å²) < 4.78 is 11.9. The molecule has 2 aliphatic rings. The van der Waals surface area contributed by atoms with Crippen LogP contribution >= 0.6 is 0 Å². The Labute approximate surface area is 115 Å². The van der Waals surface area contributed by atoms with Gasteiger partial charge in [0.15, 0.2) is 0 Å². The second-order valence-corrected chi connectivity index (χ2v) is 6.09. The van der Waals surface area contributed by atoms with Gasteiger partial charge >= 0.3 is 0 Å². The molecular formula is C16H23NO2. The largest absolute Gasteiger partial charge is 0.487 e. The molecule has 0 saturated heterocycles. The predicted octanol–water partition coefficient (Wildman–Crippen LogP) is 3.11. The highest BCUT2D eigenvalue weighted by atomic mass is 16.5. The minimum Gasteiger partial charge on any atom is -0.487 e. The molecule has 2 unspecified atom stereocenters. The number of ether oxygens (including phenoxy) is 2. The third-order valence-corrected chi connectivity index (χ3v) is 4.57. The van der Waals surface area contributed by atoms with Gasteiger partial charge in [0.25, 0.3) is 0 Å². The van der Waals surface area contributed by atoms with E-state index in [1.54, 1.807) is 7.11 Å². The lowest BCUT2D eigenvalue weighted by molar-refractivity contribution is -0.0578. The van der Waals surface area contributed by atoms with Crippen molar-refractivity contribution < 1.29 is 9.47 Å². The van der Waals surface area contributed by atoms with E-state index in [1.165, 1.54) is 5.56 Å². The fourth-order valence-corrected chi connectivity index (χ4v) is 3.59. The third-order valence-electron chi connectivity index (χ3n) is 4.57. The van der Waals surface area contributed by atoms with E-state index < -0.39 is 0 Å². The standard InChI is InChI=1S/C16H23NO2/c1-11-5-6-15-13(8-11)14(17)10-16(19-15)7-3-4-12(9-16)18-2/h5-6,8,12,14H,3-4,7,9-10,17H2,1-2H3/t12?,14-,16?/m0/s1. The van der Waals surface area contributed by atoms with Crippen LogP contribution in [0.15, 0.2) is 18.2 Å². The molecule has 1 heterocycles. The Balaban J connectivity index is 1.89. The summed E-state index contributed by atoms with van der Waals surface area (Å²) in [6.07, 6.45) is 5.57. The molecule has 3 heteroatoms. The number of benzene rings is 1. The van der Waals surface area contributed by atoms with Crippen molar-refractivity contribution in [3.05, 3.63) is 29.3 Å². The number of hydrogen-bond acceptors (Lipinski definition) is 3. The molecule has 0 radical (unpaired) electrons. The van der Waals surface area contributed by atoms with Crippen LogP contribution in [0.3, 0.4) is 0 Å². The summed E-state index contributed by atoms with van der Waals surface area (Å²) in [6.45, 7) is 2.10. The first-order valence-corrected chi connectivity index (χ1v) is 7.20. The Morgan fingerprint density at radius 2 is 2.21 bits per heavy atom. The molecule has 0 aromatic heterocycles. The predicted molar refractivity (Wildman–Crippen MR) is 75.3 cm³/mol. The molecule has 1 fully saturated rings. The monoisotopic (exact) mass is 261 g/mol. The summed E-state index contributed by atoms with van der Waals surface area (Å²) in [7, 11) is 1.80. The van der Waals surface area contributed by atoms with Crippen molar-refractivity contribution in [2.45, 2.75) is 56.8 Å². The van der Waals surface area contributed by atoms with Crippen LogP contribution in [0.5, 0.6) is 5.75 Å².